The third-order valence-electron chi connectivity index (χ3n) is 3.26. The van der Waals surface area contributed by atoms with Crippen LogP contribution >= 0.6 is 0 Å². The number of nitrogens with two attached hydrogens (primary N) is 2. The van der Waals surface area contributed by atoms with Crippen molar-refractivity contribution in [1.82, 2.24) is 0 Å². The molecule has 0 aliphatic carbocycles. The lowest BCUT2D eigenvalue weighted by Crippen LogP contribution is -2.41. The maximum absolute atomic E-state index is 11.4. The molecule has 0 rings (SSSR count). The summed E-state index contributed by atoms with van der Waals surface area (Å²) in [7, 11) is 0. The van der Waals surface area contributed by atoms with Gasteiger partial charge in [0.15, 0.2) is 0 Å². The van der Waals surface area contributed by atoms with Gasteiger partial charge in [0.05, 0.1) is 0 Å². The van der Waals surface area contributed by atoms with Crippen LogP contribution in [0.15, 0.2) is 0 Å². The van der Waals surface area contributed by atoms with E-state index in [-0.39, 0.29) is 11.8 Å². The summed E-state index contributed by atoms with van der Waals surface area (Å²) >= 11 is 0. The van der Waals surface area contributed by atoms with E-state index in [1.807, 2.05) is 27.7 Å². The first-order valence-corrected chi connectivity index (χ1v) is 6.28. The maximum Gasteiger partial charge on any atom is 0.372 e. The van der Waals surface area contributed by atoms with E-state index in [9.17, 15) is 9.59 Å². The molecule has 0 saturated carbocycles. The summed E-state index contributed by atoms with van der Waals surface area (Å²) in [5, 5.41) is 0. The van der Waals surface area contributed by atoms with Crippen molar-refractivity contribution in [3.63, 3.8) is 0 Å². The second-order valence-corrected chi connectivity index (χ2v) is 4.63. The van der Waals surface area contributed by atoms with Gasteiger partial charge in [-0.05, 0) is 11.8 Å². The van der Waals surface area contributed by atoms with Crippen molar-refractivity contribution < 1.29 is 19.4 Å². The fourth-order valence-electron chi connectivity index (χ4n) is 1.17. The number of hydrogen-bond acceptors (Lipinski definition) is 6. The smallest absolute Gasteiger partial charge is 0.318 e. The molecule has 0 aromatic carbocycles. The van der Waals surface area contributed by atoms with Gasteiger partial charge in [0.1, 0.15) is 12.1 Å². The van der Waals surface area contributed by atoms with Crippen LogP contribution in [0.1, 0.15) is 40.5 Å². The largest absolute Gasteiger partial charge is 0.372 e. The zero-order chi connectivity index (χ0) is 14.3. The lowest BCUT2D eigenvalue weighted by atomic mass is 10.0. The highest BCUT2D eigenvalue weighted by molar-refractivity contribution is 5.79. The Morgan fingerprint density at radius 2 is 1.17 bits per heavy atom. The molecule has 0 aliphatic rings. The Morgan fingerprint density at radius 1 is 0.889 bits per heavy atom. The van der Waals surface area contributed by atoms with Crippen LogP contribution in [0.25, 0.3) is 0 Å². The summed E-state index contributed by atoms with van der Waals surface area (Å²) in [5.41, 5.74) is 11.2. The molecule has 0 saturated heterocycles. The average molecular weight is 260 g/mol. The molecule has 0 amide bonds. The van der Waals surface area contributed by atoms with E-state index in [4.69, 9.17) is 11.5 Å². The second-order valence-electron chi connectivity index (χ2n) is 4.63. The average Bonchev–Trinajstić information content (AvgIpc) is 2.40. The molecule has 106 valence electrons. The minimum Gasteiger partial charge on any atom is -0.318 e. The summed E-state index contributed by atoms with van der Waals surface area (Å²) in [6.07, 6.45) is 1.47. The van der Waals surface area contributed by atoms with Gasteiger partial charge in [0, 0.05) is 0 Å². The summed E-state index contributed by atoms with van der Waals surface area (Å²) in [6.45, 7) is 7.45. The molecular formula is C12H24N2O4. The SMILES string of the molecule is CC[C@H](C)[C@H](N)C(=O)OOC(=O)[C@@H](N)[C@@H](C)CC. The Bertz CT molecular complexity index is 255. The van der Waals surface area contributed by atoms with Gasteiger partial charge in [0.2, 0.25) is 0 Å². The van der Waals surface area contributed by atoms with Gasteiger partial charge in [-0.3, -0.25) is 0 Å². The van der Waals surface area contributed by atoms with Crippen LogP contribution in [0.3, 0.4) is 0 Å². The lowest BCUT2D eigenvalue weighted by molar-refractivity contribution is -0.262. The molecule has 0 radical (unpaired) electrons. The molecule has 0 bridgehead atoms. The predicted octanol–water partition coefficient (Wildman–Crippen LogP) is 0.735. The van der Waals surface area contributed by atoms with Gasteiger partial charge < -0.3 is 11.5 Å². The third-order valence-corrected chi connectivity index (χ3v) is 3.26. The topological polar surface area (TPSA) is 105 Å². The fourth-order valence-corrected chi connectivity index (χ4v) is 1.17. The number of carbonyl (C=O) groups is 2. The molecule has 0 unspecified atom stereocenters. The van der Waals surface area contributed by atoms with E-state index in [0.717, 1.165) is 12.8 Å². The Balaban J connectivity index is 4.17. The summed E-state index contributed by atoms with van der Waals surface area (Å²) < 4.78 is 0. The first kappa shape index (κ1) is 16.9. The first-order valence-electron chi connectivity index (χ1n) is 6.28. The summed E-state index contributed by atoms with van der Waals surface area (Å²) in [6, 6.07) is -1.61. The highest BCUT2D eigenvalue weighted by Gasteiger charge is 2.26. The van der Waals surface area contributed by atoms with E-state index in [1.54, 1.807) is 0 Å². The van der Waals surface area contributed by atoms with Crippen LogP contribution in [0.2, 0.25) is 0 Å². The minimum atomic E-state index is -0.803. The van der Waals surface area contributed by atoms with E-state index >= 15 is 0 Å². The molecule has 18 heavy (non-hydrogen) atoms. The quantitative estimate of drug-likeness (QED) is 0.539. The highest BCUT2D eigenvalue weighted by Crippen LogP contribution is 2.09. The summed E-state index contributed by atoms with van der Waals surface area (Å²) in [4.78, 5) is 31.7. The molecule has 0 aliphatic heterocycles. The lowest BCUT2D eigenvalue weighted by Gasteiger charge is -2.18. The van der Waals surface area contributed by atoms with Crippen molar-refractivity contribution in [2.24, 2.45) is 23.3 Å². The van der Waals surface area contributed by atoms with Gasteiger partial charge in [0.25, 0.3) is 0 Å². The van der Waals surface area contributed by atoms with Crippen molar-refractivity contribution in [2.75, 3.05) is 0 Å². The Labute approximate surface area is 108 Å². The molecule has 0 aromatic rings. The van der Waals surface area contributed by atoms with Crippen LogP contribution in [-0.4, -0.2) is 24.0 Å². The maximum atomic E-state index is 11.4. The Kier molecular flexibility index (Phi) is 7.54. The van der Waals surface area contributed by atoms with Crippen LogP contribution in [0.5, 0.6) is 0 Å². The minimum absolute atomic E-state index is 0.0422. The van der Waals surface area contributed by atoms with Crippen LogP contribution < -0.4 is 11.5 Å². The van der Waals surface area contributed by atoms with Gasteiger partial charge in [-0.1, -0.05) is 40.5 Å². The standard InChI is InChI=1S/C12H24N2O4/c1-5-7(3)9(13)11(15)17-18-12(16)10(14)8(4)6-2/h7-10H,5-6,13-14H2,1-4H3/t7-,8-,9-,10-/m0/s1. The van der Waals surface area contributed by atoms with Crippen LogP contribution in [-0.2, 0) is 19.4 Å². The van der Waals surface area contributed by atoms with E-state index in [2.05, 4.69) is 9.78 Å². The molecule has 0 aromatic heterocycles. The number of hydrogen-bond donors (Lipinski definition) is 2. The van der Waals surface area contributed by atoms with Crippen molar-refractivity contribution in [2.45, 2.75) is 52.6 Å². The van der Waals surface area contributed by atoms with Crippen molar-refractivity contribution >= 4 is 11.9 Å². The Morgan fingerprint density at radius 3 is 1.39 bits per heavy atom. The fraction of sp³-hybridized carbons (Fsp3) is 0.833. The molecule has 4 N–H and O–H groups in total. The zero-order valence-corrected chi connectivity index (χ0v) is 11.5. The molecular weight excluding hydrogens is 236 g/mol. The Hall–Kier alpha value is -1.14. The van der Waals surface area contributed by atoms with Gasteiger partial charge in [-0.25, -0.2) is 19.4 Å². The molecule has 6 nitrogen and oxygen atoms in total. The monoisotopic (exact) mass is 260 g/mol. The van der Waals surface area contributed by atoms with Crippen molar-refractivity contribution in [3.05, 3.63) is 0 Å². The molecule has 0 heterocycles. The number of rotatable bonds is 6. The predicted molar refractivity (Wildman–Crippen MR) is 67.0 cm³/mol. The zero-order valence-electron chi connectivity index (χ0n) is 11.5. The van der Waals surface area contributed by atoms with E-state index in [1.165, 1.54) is 0 Å². The molecule has 6 heteroatoms. The van der Waals surface area contributed by atoms with Gasteiger partial charge in [-0.15, -0.1) is 0 Å². The van der Waals surface area contributed by atoms with Crippen molar-refractivity contribution in [1.29, 1.82) is 0 Å². The third kappa shape index (κ3) is 5.01. The molecule has 0 fully saturated rings. The normalized spacial score (nSPS) is 17.4. The molecule has 4 atom stereocenters. The summed E-state index contributed by atoms with van der Waals surface area (Å²) in [5.74, 6) is -1.60. The van der Waals surface area contributed by atoms with Gasteiger partial charge in [-0.2, -0.15) is 0 Å². The van der Waals surface area contributed by atoms with Crippen LogP contribution in [0, 0.1) is 11.8 Å². The van der Waals surface area contributed by atoms with Gasteiger partial charge >= 0.3 is 11.9 Å². The van der Waals surface area contributed by atoms with Crippen molar-refractivity contribution in [3.8, 4) is 0 Å². The highest BCUT2D eigenvalue weighted by atomic mass is 17.2. The van der Waals surface area contributed by atoms with E-state index in [0.29, 0.717) is 0 Å². The molecule has 0 spiro atoms. The first-order chi connectivity index (χ1) is 8.34. The van der Waals surface area contributed by atoms with E-state index < -0.39 is 24.0 Å². The van der Waals surface area contributed by atoms with Crippen LogP contribution in [0.4, 0.5) is 0 Å². The second kappa shape index (κ2) is 8.05. The number of carbonyl (C=O) groups excluding carboxylic acids is 2.